The van der Waals surface area contributed by atoms with Crippen LogP contribution in [0.2, 0.25) is 0 Å². The van der Waals surface area contributed by atoms with Gasteiger partial charge in [0.15, 0.2) is 6.23 Å². The van der Waals surface area contributed by atoms with E-state index in [1.54, 1.807) is 4.90 Å². The van der Waals surface area contributed by atoms with E-state index >= 15 is 0 Å². The van der Waals surface area contributed by atoms with Crippen molar-refractivity contribution in [2.45, 2.75) is 46.4 Å². The van der Waals surface area contributed by atoms with Crippen LogP contribution in [-0.4, -0.2) is 29.0 Å². The van der Waals surface area contributed by atoms with E-state index < -0.39 is 17.7 Å². The van der Waals surface area contributed by atoms with Crippen molar-refractivity contribution in [1.82, 2.24) is 4.90 Å². The van der Waals surface area contributed by atoms with Gasteiger partial charge in [0.25, 0.3) is 0 Å². The lowest BCUT2D eigenvalue weighted by molar-refractivity contribution is -0.145. The van der Waals surface area contributed by atoms with Crippen LogP contribution in [0.5, 0.6) is 0 Å². The van der Waals surface area contributed by atoms with Crippen molar-refractivity contribution in [1.29, 1.82) is 0 Å². The van der Waals surface area contributed by atoms with Gasteiger partial charge in [0, 0.05) is 11.3 Å². The highest BCUT2D eigenvalue weighted by Gasteiger charge is 2.50. The molecule has 1 aliphatic carbocycles. The Morgan fingerprint density at radius 1 is 1.32 bits per heavy atom. The van der Waals surface area contributed by atoms with E-state index in [4.69, 9.17) is 4.74 Å². The van der Waals surface area contributed by atoms with Gasteiger partial charge in [0.05, 0.1) is 0 Å². The summed E-state index contributed by atoms with van der Waals surface area (Å²) in [6.07, 6.45) is 7.49. The number of hydrogen-bond donors (Lipinski definition) is 0. The molecule has 1 saturated heterocycles. The molecule has 0 unspecified atom stereocenters. The molecule has 103 valence electrons. The van der Waals surface area contributed by atoms with Gasteiger partial charge in [0.1, 0.15) is 6.04 Å². The molecule has 4 heteroatoms. The topological polar surface area (TPSA) is 46.6 Å². The number of nitrogens with zero attached hydrogens (tertiary/aromatic N) is 1. The number of carbonyl (C=O) groups excluding carboxylic acids is 2. The van der Waals surface area contributed by atoms with Crippen molar-refractivity contribution >= 4 is 11.9 Å². The van der Waals surface area contributed by atoms with Crippen molar-refractivity contribution in [2.75, 3.05) is 0 Å². The third kappa shape index (κ3) is 2.63. The van der Waals surface area contributed by atoms with Crippen molar-refractivity contribution in [2.24, 2.45) is 5.41 Å². The summed E-state index contributed by atoms with van der Waals surface area (Å²) < 4.78 is 5.40. The summed E-state index contributed by atoms with van der Waals surface area (Å²) in [4.78, 5) is 26.1. The first kappa shape index (κ1) is 14.4. The van der Waals surface area contributed by atoms with Gasteiger partial charge in [-0.15, -0.1) is 0 Å². The summed E-state index contributed by atoms with van der Waals surface area (Å²) >= 11 is 0. The SMILES string of the molecule is CC[C@H]1C(=O)O[C@H]([C]2[CH][CH][CH][CH]2)N1C(=O)C(C)(C)C. The Balaban J connectivity index is 2.26. The summed E-state index contributed by atoms with van der Waals surface area (Å²) in [6, 6.07) is -0.480. The zero-order chi connectivity index (χ0) is 14.2. The minimum atomic E-state index is -0.584. The highest BCUT2D eigenvalue weighted by atomic mass is 16.6. The number of cyclic esters (lactones) is 1. The zero-order valence-corrected chi connectivity index (χ0v) is 11.8. The summed E-state index contributed by atoms with van der Waals surface area (Å²) in [5.74, 6) is 0.476. The maximum absolute atomic E-state index is 12.6. The quantitative estimate of drug-likeness (QED) is 0.714. The second-order valence-electron chi connectivity index (χ2n) is 5.89. The van der Waals surface area contributed by atoms with E-state index in [2.05, 4.69) is 0 Å². The molecule has 2 fully saturated rings. The third-order valence-electron chi connectivity index (χ3n) is 3.32. The fraction of sp³-hybridized carbons (Fsp3) is 0.533. The Morgan fingerprint density at radius 2 is 1.89 bits per heavy atom. The van der Waals surface area contributed by atoms with Gasteiger partial charge in [-0.2, -0.15) is 0 Å². The van der Waals surface area contributed by atoms with E-state index in [0.717, 1.165) is 5.92 Å². The standard InChI is InChI=1S/C15H20NO3/c1-5-11-13(17)19-12(10-8-6-7-9-10)16(11)14(18)15(2,3)4/h6-9,11-12H,5H2,1-4H3/t11-,12+/m0/s1. The average Bonchev–Trinajstić information content (AvgIpc) is 2.93. The minimum Gasteiger partial charge on any atom is -0.439 e. The van der Waals surface area contributed by atoms with Gasteiger partial charge in [0.2, 0.25) is 5.91 Å². The molecule has 2 atom stereocenters. The van der Waals surface area contributed by atoms with Crippen LogP contribution in [0, 0.1) is 37.0 Å². The highest BCUT2D eigenvalue weighted by Crippen LogP contribution is 2.37. The molecule has 0 N–H and O–H groups in total. The summed E-state index contributed by atoms with van der Waals surface area (Å²) in [6.45, 7) is 7.45. The molecule has 0 bridgehead atoms. The average molecular weight is 262 g/mol. The van der Waals surface area contributed by atoms with E-state index in [9.17, 15) is 9.59 Å². The molecule has 1 amide bonds. The molecule has 2 rings (SSSR count). The van der Waals surface area contributed by atoms with Crippen LogP contribution in [0.3, 0.4) is 0 Å². The lowest BCUT2D eigenvalue weighted by Crippen LogP contribution is -2.49. The van der Waals surface area contributed by atoms with Crippen molar-refractivity contribution in [3.8, 4) is 0 Å². The Bertz CT molecular complexity index is 366. The van der Waals surface area contributed by atoms with Crippen LogP contribution in [0.25, 0.3) is 0 Å². The van der Waals surface area contributed by atoms with Gasteiger partial charge in [-0.05, 0) is 32.1 Å². The predicted molar refractivity (Wildman–Crippen MR) is 70.7 cm³/mol. The summed E-state index contributed by atoms with van der Waals surface area (Å²) in [5.41, 5.74) is -0.535. The Hall–Kier alpha value is -1.06. The van der Waals surface area contributed by atoms with Crippen LogP contribution in [0.15, 0.2) is 0 Å². The van der Waals surface area contributed by atoms with Crippen LogP contribution in [-0.2, 0) is 14.3 Å². The molecule has 2 aliphatic rings. The number of esters is 1. The molecular weight excluding hydrogens is 242 g/mol. The molecule has 19 heavy (non-hydrogen) atoms. The maximum Gasteiger partial charge on any atom is 0.330 e. The number of ether oxygens (including phenoxy) is 1. The smallest absolute Gasteiger partial charge is 0.330 e. The van der Waals surface area contributed by atoms with Crippen LogP contribution in [0.1, 0.15) is 34.1 Å². The fourth-order valence-electron chi connectivity index (χ4n) is 2.30. The molecule has 0 aromatic heterocycles. The van der Waals surface area contributed by atoms with Crippen LogP contribution >= 0.6 is 0 Å². The first-order valence-electron chi connectivity index (χ1n) is 6.61. The Kier molecular flexibility index (Phi) is 3.88. The van der Waals surface area contributed by atoms with Crippen molar-refractivity contribution in [3.63, 3.8) is 0 Å². The lowest BCUT2D eigenvalue weighted by atomic mass is 9.92. The van der Waals surface area contributed by atoms with Gasteiger partial charge in [-0.1, -0.05) is 27.7 Å². The molecule has 5 radical (unpaired) electrons. The van der Waals surface area contributed by atoms with Gasteiger partial charge in [-0.25, -0.2) is 4.79 Å². The molecule has 1 heterocycles. The molecular formula is C15H20NO3. The monoisotopic (exact) mass is 262 g/mol. The molecule has 1 aliphatic heterocycles. The second-order valence-corrected chi connectivity index (χ2v) is 5.89. The van der Waals surface area contributed by atoms with E-state index in [-0.39, 0.29) is 11.9 Å². The minimum absolute atomic E-state index is 0.0589. The summed E-state index contributed by atoms with van der Waals surface area (Å²) in [7, 11) is 0. The largest absolute Gasteiger partial charge is 0.439 e. The maximum atomic E-state index is 12.6. The zero-order valence-electron chi connectivity index (χ0n) is 11.8. The molecule has 0 aromatic rings. The molecule has 1 saturated carbocycles. The molecule has 0 spiro atoms. The van der Waals surface area contributed by atoms with Crippen molar-refractivity contribution < 1.29 is 14.3 Å². The van der Waals surface area contributed by atoms with E-state index in [0.29, 0.717) is 6.42 Å². The normalized spacial score (nSPS) is 28.8. The van der Waals surface area contributed by atoms with Gasteiger partial charge < -0.3 is 4.74 Å². The van der Waals surface area contributed by atoms with Crippen LogP contribution < -0.4 is 0 Å². The highest BCUT2D eigenvalue weighted by molar-refractivity contribution is 5.90. The number of rotatable bonds is 2. The lowest BCUT2D eigenvalue weighted by Gasteiger charge is -2.33. The third-order valence-corrected chi connectivity index (χ3v) is 3.32. The Morgan fingerprint density at radius 3 is 2.37 bits per heavy atom. The fourth-order valence-corrected chi connectivity index (χ4v) is 2.30. The van der Waals surface area contributed by atoms with Gasteiger partial charge in [-0.3, -0.25) is 9.69 Å². The first-order valence-corrected chi connectivity index (χ1v) is 6.61. The first-order chi connectivity index (χ1) is 8.86. The second kappa shape index (κ2) is 5.14. The molecule has 4 nitrogen and oxygen atoms in total. The Labute approximate surface area is 115 Å². The number of amides is 1. The predicted octanol–water partition coefficient (Wildman–Crippen LogP) is 1.93. The van der Waals surface area contributed by atoms with Crippen molar-refractivity contribution in [3.05, 3.63) is 31.6 Å². The molecule has 0 aromatic carbocycles. The van der Waals surface area contributed by atoms with E-state index in [1.165, 1.54) is 0 Å². The van der Waals surface area contributed by atoms with Crippen LogP contribution in [0.4, 0.5) is 0 Å². The number of carbonyl (C=O) groups is 2. The van der Waals surface area contributed by atoms with Gasteiger partial charge >= 0.3 is 5.97 Å². The van der Waals surface area contributed by atoms with E-state index in [1.807, 2.05) is 53.4 Å². The summed E-state index contributed by atoms with van der Waals surface area (Å²) in [5, 5.41) is 0. The number of hydrogen-bond acceptors (Lipinski definition) is 3.